The standard InChI is InChI=1S/C26H29ClN4O2S/c1-30-17-22(16-29-30)26(33)28-15-19-11-13-31(14-12-19)24(32)18-34-25(20-5-3-2-4-6-20)21-7-9-23(27)10-8-21/h2-10,16-17,19,25H,11-15,18H2,1H3,(H,28,33). The van der Waals surface area contributed by atoms with Crippen LogP contribution < -0.4 is 5.32 Å². The average molecular weight is 497 g/mol. The summed E-state index contributed by atoms with van der Waals surface area (Å²) in [6, 6.07) is 18.1. The Morgan fingerprint density at radius 2 is 1.76 bits per heavy atom. The van der Waals surface area contributed by atoms with Crippen molar-refractivity contribution in [2.75, 3.05) is 25.4 Å². The first-order chi connectivity index (χ1) is 16.5. The average Bonchev–Trinajstić information content (AvgIpc) is 3.31. The molecule has 1 saturated heterocycles. The lowest BCUT2D eigenvalue weighted by Crippen LogP contribution is -2.42. The number of aryl methyl sites for hydroxylation is 1. The molecule has 0 bridgehead atoms. The summed E-state index contributed by atoms with van der Waals surface area (Å²) in [7, 11) is 1.79. The van der Waals surface area contributed by atoms with E-state index in [0.717, 1.165) is 31.5 Å². The predicted octanol–water partition coefficient (Wildman–Crippen LogP) is 4.56. The minimum absolute atomic E-state index is 0.0719. The topological polar surface area (TPSA) is 67.2 Å². The molecular weight excluding hydrogens is 468 g/mol. The number of hydrogen-bond donors (Lipinski definition) is 1. The van der Waals surface area contributed by atoms with Gasteiger partial charge in [0.25, 0.3) is 5.91 Å². The van der Waals surface area contributed by atoms with Crippen molar-refractivity contribution in [3.05, 3.63) is 88.7 Å². The molecule has 178 valence electrons. The highest BCUT2D eigenvalue weighted by Gasteiger charge is 2.25. The summed E-state index contributed by atoms with van der Waals surface area (Å²) in [6.07, 6.45) is 5.06. The van der Waals surface area contributed by atoms with Gasteiger partial charge in [0.1, 0.15) is 0 Å². The van der Waals surface area contributed by atoms with Gasteiger partial charge in [0.15, 0.2) is 0 Å². The van der Waals surface area contributed by atoms with Crippen LogP contribution in [0.2, 0.25) is 5.02 Å². The SMILES string of the molecule is Cn1cc(C(=O)NCC2CCN(C(=O)CSC(c3ccccc3)c3ccc(Cl)cc3)CC2)cn1. The van der Waals surface area contributed by atoms with E-state index in [4.69, 9.17) is 11.6 Å². The lowest BCUT2D eigenvalue weighted by atomic mass is 9.96. The molecule has 2 aromatic carbocycles. The number of carbonyl (C=O) groups is 2. The molecule has 1 atom stereocenters. The van der Waals surface area contributed by atoms with Crippen molar-refractivity contribution < 1.29 is 9.59 Å². The van der Waals surface area contributed by atoms with Gasteiger partial charge in [0.05, 0.1) is 22.8 Å². The van der Waals surface area contributed by atoms with Gasteiger partial charge in [-0.3, -0.25) is 14.3 Å². The second kappa shape index (κ2) is 11.6. The van der Waals surface area contributed by atoms with E-state index in [-0.39, 0.29) is 17.1 Å². The number of thioether (sulfide) groups is 1. The zero-order valence-corrected chi connectivity index (χ0v) is 20.8. The van der Waals surface area contributed by atoms with Crippen LogP contribution in [-0.2, 0) is 11.8 Å². The fourth-order valence-corrected chi connectivity index (χ4v) is 5.48. The van der Waals surface area contributed by atoms with E-state index in [2.05, 4.69) is 22.5 Å². The molecule has 8 heteroatoms. The molecule has 1 fully saturated rings. The molecule has 4 rings (SSSR count). The van der Waals surface area contributed by atoms with Crippen molar-refractivity contribution in [3.8, 4) is 0 Å². The maximum atomic E-state index is 13.0. The second-order valence-electron chi connectivity index (χ2n) is 8.59. The van der Waals surface area contributed by atoms with Gasteiger partial charge in [-0.05, 0) is 42.0 Å². The van der Waals surface area contributed by atoms with Crippen LogP contribution in [0.15, 0.2) is 67.0 Å². The number of piperidine rings is 1. The van der Waals surface area contributed by atoms with Crippen LogP contribution in [0, 0.1) is 5.92 Å². The molecule has 6 nitrogen and oxygen atoms in total. The van der Waals surface area contributed by atoms with Crippen molar-refractivity contribution in [3.63, 3.8) is 0 Å². The van der Waals surface area contributed by atoms with E-state index < -0.39 is 0 Å². The number of rotatable bonds is 8. The summed E-state index contributed by atoms with van der Waals surface area (Å²) >= 11 is 7.73. The normalized spacial score (nSPS) is 15.2. The van der Waals surface area contributed by atoms with Gasteiger partial charge in [0, 0.05) is 37.9 Å². The van der Waals surface area contributed by atoms with Gasteiger partial charge in [-0.25, -0.2) is 0 Å². The highest BCUT2D eigenvalue weighted by Crippen LogP contribution is 2.36. The number of benzene rings is 2. The Morgan fingerprint density at radius 1 is 1.09 bits per heavy atom. The zero-order chi connectivity index (χ0) is 23.9. The van der Waals surface area contributed by atoms with Crippen molar-refractivity contribution >= 4 is 35.2 Å². The van der Waals surface area contributed by atoms with Crippen LogP contribution in [0.1, 0.15) is 39.6 Å². The van der Waals surface area contributed by atoms with E-state index >= 15 is 0 Å². The van der Waals surface area contributed by atoms with Crippen LogP contribution >= 0.6 is 23.4 Å². The Hall–Kier alpha value is -2.77. The molecule has 0 aliphatic carbocycles. The molecule has 0 spiro atoms. The summed E-state index contributed by atoms with van der Waals surface area (Å²) in [5, 5.41) is 7.81. The molecule has 34 heavy (non-hydrogen) atoms. The number of likely N-dealkylation sites (tertiary alicyclic amines) is 1. The number of amides is 2. The van der Waals surface area contributed by atoms with Crippen LogP contribution in [0.25, 0.3) is 0 Å². The van der Waals surface area contributed by atoms with E-state index in [0.29, 0.717) is 28.8 Å². The quantitative estimate of drug-likeness (QED) is 0.496. The van der Waals surface area contributed by atoms with Gasteiger partial charge in [-0.2, -0.15) is 5.10 Å². The van der Waals surface area contributed by atoms with Gasteiger partial charge < -0.3 is 10.2 Å². The van der Waals surface area contributed by atoms with E-state index in [1.807, 2.05) is 47.4 Å². The first-order valence-corrected chi connectivity index (χ1v) is 12.9. The molecule has 1 unspecified atom stereocenters. The first kappa shape index (κ1) is 24.4. The molecule has 1 aliphatic heterocycles. The summed E-state index contributed by atoms with van der Waals surface area (Å²) in [6.45, 7) is 2.07. The number of nitrogens with one attached hydrogen (secondary N) is 1. The molecule has 2 amide bonds. The predicted molar refractivity (Wildman–Crippen MR) is 137 cm³/mol. The summed E-state index contributed by atoms with van der Waals surface area (Å²) in [5.74, 6) is 0.864. The lowest BCUT2D eigenvalue weighted by molar-refractivity contribution is -0.129. The van der Waals surface area contributed by atoms with Gasteiger partial charge in [0.2, 0.25) is 5.91 Å². The fourth-order valence-electron chi connectivity index (χ4n) is 4.16. The Labute approximate surface area is 209 Å². The Balaban J connectivity index is 1.27. The van der Waals surface area contributed by atoms with E-state index in [1.165, 1.54) is 5.56 Å². The number of hydrogen-bond acceptors (Lipinski definition) is 4. The molecule has 0 radical (unpaired) electrons. The Morgan fingerprint density at radius 3 is 2.41 bits per heavy atom. The highest BCUT2D eigenvalue weighted by atomic mass is 35.5. The lowest BCUT2D eigenvalue weighted by Gasteiger charge is -2.32. The summed E-state index contributed by atoms with van der Waals surface area (Å²) < 4.78 is 1.62. The Kier molecular flexibility index (Phi) is 8.29. The number of nitrogens with zero attached hydrogens (tertiary/aromatic N) is 3. The minimum Gasteiger partial charge on any atom is -0.352 e. The van der Waals surface area contributed by atoms with Gasteiger partial charge >= 0.3 is 0 Å². The second-order valence-corrected chi connectivity index (χ2v) is 10.1. The van der Waals surface area contributed by atoms with Crippen molar-refractivity contribution in [1.29, 1.82) is 0 Å². The maximum Gasteiger partial charge on any atom is 0.254 e. The molecule has 2 heterocycles. The van der Waals surface area contributed by atoms with Crippen LogP contribution in [0.3, 0.4) is 0 Å². The largest absolute Gasteiger partial charge is 0.352 e. The molecule has 1 N–H and O–H groups in total. The summed E-state index contributed by atoms with van der Waals surface area (Å²) in [5.41, 5.74) is 2.88. The van der Waals surface area contributed by atoms with Gasteiger partial charge in [-0.1, -0.05) is 54.1 Å². The smallest absolute Gasteiger partial charge is 0.254 e. The van der Waals surface area contributed by atoms with Crippen LogP contribution in [0.5, 0.6) is 0 Å². The number of halogens is 1. The number of aromatic nitrogens is 2. The third-order valence-corrected chi connectivity index (χ3v) is 7.68. The van der Waals surface area contributed by atoms with E-state index in [9.17, 15) is 9.59 Å². The third-order valence-electron chi connectivity index (χ3n) is 6.13. The van der Waals surface area contributed by atoms with Crippen molar-refractivity contribution in [2.45, 2.75) is 18.1 Å². The maximum absolute atomic E-state index is 13.0. The van der Waals surface area contributed by atoms with E-state index in [1.54, 1.807) is 35.9 Å². The van der Waals surface area contributed by atoms with Gasteiger partial charge in [-0.15, -0.1) is 11.8 Å². The van der Waals surface area contributed by atoms with Crippen LogP contribution in [-0.4, -0.2) is 51.9 Å². The highest BCUT2D eigenvalue weighted by molar-refractivity contribution is 8.00. The minimum atomic E-state index is -0.0999. The first-order valence-electron chi connectivity index (χ1n) is 11.5. The monoisotopic (exact) mass is 496 g/mol. The molecule has 3 aromatic rings. The van der Waals surface area contributed by atoms with Crippen molar-refractivity contribution in [2.24, 2.45) is 13.0 Å². The van der Waals surface area contributed by atoms with Crippen molar-refractivity contribution in [1.82, 2.24) is 20.0 Å². The zero-order valence-electron chi connectivity index (χ0n) is 19.2. The molecule has 1 aliphatic rings. The third kappa shape index (κ3) is 6.42. The molecule has 1 aromatic heterocycles. The Bertz CT molecular complexity index is 1100. The van der Waals surface area contributed by atoms with Crippen LogP contribution in [0.4, 0.5) is 0 Å². The molecule has 0 saturated carbocycles. The fraction of sp³-hybridized carbons (Fsp3) is 0.346. The summed E-state index contributed by atoms with van der Waals surface area (Å²) in [4.78, 5) is 27.2. The molecular formula is C26H29ClN4O2S. The number of carbonyl (C=O) groups excluding carboxylic acids is 2.